The molecule has 1 aromatic heterocycles. The summed E-state index contributed by atoms with van der Waals surface area (Å²) < 4.78 is 27.5. The van der Waals surface area contributed by atoms with Gasteiger partial charge in [0.1, 0.15) is 19.0 Å². The first-order valence-electron chi connectivity index (χ1n) is 12.8. The van der Waals surface area contributed by atoms with E-state index in [1.54, 1.807) is 50.5 Å². The first-order chi connectivity index (χ1) is 19.5. The molecule has 0 radical (unpaired) electrons. The van der Waals surface area contributed by atoms with E-state index >= 15 is 0 Å². The van der Waals surface area contributed by atoms with E-state index in [1.165, 1.54) is 0 Å². The fourth-order valence-electron chi connectivity index (χ4n) is 4.61. The molecule has 0 fully saturated rings. The van der Waals surface area contributed by atoms with Crippen LogP contribution in [0.3, 0.4) is 0 Å². The number of anilines is 1. The SMILES string of the molecule is COc1ccccc1NC(=O)N(CCc1ccc(OC)c(OC)c1)Cc1cc2cc3c(cc2[nH]c1=O)OCCO3. The number of benzene rings is 3. The molecular weight excluding hydrogens is 514 g/mol. The highest BCUT2D eigenvalue weighted by molar-refractivity contribution is 5.91. The number of ether oxygens (including phenoxy) is 5. The molecule has 2 heterocycles. The van der Waals surface area contributed by atoms with Gasteiger partial charge >= 0.3 is 6.03 Å². The van der Waals surface area contributed by atoms with Crippen LogP contribution in [-0.4, -0.2) is 57.0 Å². The third-order valence-electron chi connectivity index (χ3n) is 6.70. The van der Waals surface area contributed by atoms with Gasteiger partial charge in [0, 0.05) is 23.6 Å². The van der Waals surface area contributed by atoms with Crippen LogP contribution in [0.1, 0.15) is 11.1 Å². The number of carbonyl (C=O) groups excluding carboxylic acids is 1. The maximum Gasteiger partial charge on any atom is 0.322 e. The summed E-state index contributed by atoms with van der Waals surface area (Å²) in [5, 5.41) is 3.71. The van der Waals surface area contributed by atoms with E-state index in [-0.39, 0.29) is 18.1 Å². The van der Waals surface area contributed by atoms with Crippen molar-refractivity contribution in [2.45, 2.75) is 13.0 Å². The molecule has 0 unspecified atom stereocenters. The standard InChI is InChI=1S/C30H31N3O7/c1-36-24-7-5-4-6-22(24)32-30(35)33(11-10-19-8-9-25(37-2)26(14-19)38-3)18-21-15-20-16-27-28(40-13-12-39-27)17-23(20)31-29(21)34/h4-9,14-17H,10-13,18H2,1-3H3,(H,31,34)(H,32,35). The minimum absolute atomic E-state index is 0.0774. The molecule has 10 heteroatoms. The molecule has 10 nitrogen and oxygen atoms in total. The van der Waals surface area contributed by atoms with E-state index in [1.807, 2.05) is 36.4 Å². The van der Waals surface area contributed by atoms with E-state index in [0.717, 1.165) is 10.9 Å². The summed E-state index contributed by atoms with van der Waals surface area (Å²) in [6.45, 7) is 1.32. The van der Waals surface area contributed by atoms with Crippen LogP contribution in [0.25, 0.3) is 10.9 Å². The van der Waals surface area contributed by atoms with E-state index in [4.69, 9.17) is 23.7 Å². The summed E-state index contributed by atoms with van der Waals surface area (Å²) >= 11 is 0. The Labute approximate surface area is 231 Å². The quantitative estimate of drug-likeness (QED) is 0.316. The number of methoxy groups -OCH3 is 3. The molecule has 1 aliphatic heterocycles. The molecular formula is C30H31N3O7. The van der Waals surface area contributed by atoms with Crippen molar-refractivity contribution >= 4 is 22.6 Å². The van der Waals surface area contributed by atoms with Gasteiger partial charge < -0.3 is 38.9 Å². The van der Waals surface area contributed by atoms with Gasteiger partial charge in [0.05, 0.1) is 39.1 Å². The van der Waals surface area contributed by atoms with Gasteiger partial charge in [0.15, 0.2) is 23.0 Å². The topological polar surface area (TPSA) is 111 Å². The number of fused-ring (bicyclic) bond motifs is 2. The molecule has 0 aliphatic carbocycles. The summed E-state index contributed by atoms with van der Waals surface area (Å²) in [4.78, 5) is 31.2. The minimum atomic E-state index is -0.369. The Morgan fingerprint density at radius 2 is 1.62 bits per heavy atom. The molecule has 208 valence electrons. The van der Waals surface area contributed by atoms with Gasteiger partial charge in [-0.25, -0.2) is 4.79 Å². The van der Waals surface area contributed by atoms with Gasteiger partial charge in [-0.15, -0.1) is 0 Å². The molecule has 2 N–H and O–H groups in total. The molecule has 0 bridgehead atoms. The molecule has 0 saturated heterocycles. The van der Waals surface area contributed by atoms with Gasteiger partial charge in [-0.1, -0.05) is 18.2 Å². The normalized spacial score (nSPS) is 12.1. The number of carbonyl (C=O) groups is 1. The van der Waals surface area contributed by atoms with Gasteiger partial charge in [0.2, 0.25) is 0 Å². The van der Waals surface area contributed by atoms with Gasteiger partial charge in [0.25, 0.3) is 5.56 Å². The number of urea groups is 1. The van der Waals surface area contributed by atoms with E-state index in [9.17, 15) is 9.59 Å². The van der Waals surface area contributed by atoms with Crippen molar-refractivity contribution in [2.75, 3.05) is 46.4 Å². The van der Waals surface area contributed by atoms with E-state index in [2.05, 4.69) is 10.3 Å². The maximum atomic E-state index is 13.6. The summed E-state index contributed by atoms with van der Waals surface area (Å²) in [7, 11) is 4.70. The number of nitrogens with one attached hydrogen (secondary N) is 2. The van der Waals surface area contributed by atoms with Crippen molar-refractivity contribution in [3.8, 4) is 28.7 Å². The highest BCUT2D eigenvalue weighted by Gasteiger charge is 2.20. The number of aromatic nitrogens is 1. The Balaban J connectivity index is 1.44. The highest BCUT2D eigenvalue weighted by atomic mass is 16.6. The molecule has 5 rings (SSSR count). The summed E-state index contributed by atoms with van der Waals surface area (Å²) in [5.74, 6) is 2.97. The average molecular weight is 546 g/mol. The van der Waals surface area contributed by atoms with Crippen LogP contribution in [-0.2, 0) is 13.0 Å². The molecule has 0 atom stereocenters. The van der Waals surface area contributed by atoms with Crippen LogP contribution < -0.4 is 34.6 Å². The first kappa shape index (κ1) is 26.7. The number of hydrogen-bond acceptors (Lipinski definition) is 7. The number of H-pyrrole nitrogens is 1. The molecule has 1 aliphatic rings. The van der Waals surface area contributed by atoms with Crippen LogP contribution in [0, 0.1) is 0 Å². The largest absolute Gasteiger partial charge is 0.495 e. The Morgan fingerprint density at radius 1 is 0.900 bits per heavy atom. The lowest BCUT2D eigenvalue weighted by atomic mass is 10.1. The Kier molecular flexibility index (Phi) is 7.95. The van der Waals surface area contributed by atoms with Crippen molar-refractivity contribution in [1.29, 1.82) is 0 Å². The summed E-state index contributed by atoms with van der Waals surface area (Å²) in [6.07, 6.45) is 0.518. The zero-order valence-corrected chi connectivity index (χ0v) is 22.6. The number of para-hydroxylation sites is 2. The zero-order valence-electron chi connectivity index (χ0n) is 22.6. The van der Waals surface area contributed by atoms with Crippen LogP contribution in [0.4, 0.5) is 10.5 Å². The number of amides is 2. The van der Waals surface area contributed by atoms with Crippen molar-refractivity contribution in [3.63, 3.8) is 0 Å². The lowest BCUT2D eigenvalue weighted by Crippen LogP contribution is -2.37. The van der Waals surface area contributed by atoms with Gasteiger partial charge in [-0.05, 0) is 48.4 Å². The number of hydrogen-bond donors (Lipinski definition) is 2. The Bertz CT molecular complexity index is 1580. The van der Waals surface area contributed by atoms with Crippen molar-refractivity contribution in [1.82, 2.24) is 9.88 Å². The number of nitrogens with zero attached hydrogens (tertiary/aromatic N) is 1. The molecule has 2 amide bonds. The smallest absolute Gasteiger partial charge is 0.322 e. The third kappa shape index (κ3) is 5.75. The monoisotopic (exact) mass is 545 g/mol. The maximum absolute atomic E-state index is 13.6. The second-order valence-corrected chi connectivity index (χ2v) is 9.20. The molecule has 3 aromatic carbocycles. The van der Waals surface area contributed by atoms with Crippen LogP contribution in [0.15, 0.2) is 65.5 Å². The number of rotatable bonds is 9. The second-order valence-electron chi connectivity index (χ2n) is 9.20. The lowest BCUT2D eigenvalue weighted by molar-refractivity contribution is 0.172. The molecule has 4 aromatic rings. The summed E-state index contributed by atoms with van der Waals surface area (Å²) in [6, 6.07) is 17.8. The second kappa shape index (κ2) is 11.9. The molecule has 0 spiro atoms. The van der Waals surface area contributed by atoms with Crippen molar-refractivity contribution < 1.29 is 28.5 Å². The van der Waals surface area contributed by atoms with Gasteiger partial charge in [-0.3, -0.25) is 4.79 Å². The Morgan fingerprint density at radius 3 is 2.38 bits per heavy atom. The van der Waals surface area contributed by atoms with Gasteiger partial charge in [-0.2, -0.15) is 0 Å². The zero-order chi connectivity index (χ0) is 28.1. The predicted molar refractivity (Wildman–Crippen MR) is 151 cm³/mol. The first-order valence-corrected chi connectivity index (χ1v) is 12.8. The average Bonchev–Trinajstić information content (AvgIpc) is 2.98. The minimum Gasteiger partial charge on any atom is -0.495 e. The van der Waals surface area contributed by atoms with Crippen LogP contribution in [0.2, 0.25) is 0 Å². The van der Waals surface area contributed by atoms with Crippen LogP contribution in [0.5, 0.6) is 28.7 Å². The van der Waals surface area contributed by atoms with Crippen molar-refractivity contribution in [3.05, 3.63) is 82.1 Å². The summed E-state index contributed by atoms with van der Waals surface area (Å²) in [5.41, 5.74) is 2.26. The lowest BCUT2D eigenvalue weighted by Gasteiger charge is -2.24. The van der Waals surface area contributed by atoms with E-state index in [0.29, 0.717) is 71.7 Å². The predicted octanol–water partition coefficient (Wildman–Crippen LogP) is 4.60. The Hall–Kier alpha value is -4.86. The number of pyridine rings is 1. The van der Waals surface area contributed by atoms with Crippen LogP contribution >= 0.6 is 0 Å². The highest BCUT2D eigenvalue weighted by Crippen LogP contribution is 2.34. The fourth-order valence-corrected chi connectivity index (χ4v) is 4.61. The molecule has 0 saturated carbocycles. The fraction of sp³-hybridized carbons (Fsp3) is 0.267. The number of aromatic amines is 1. The molecule has 40 heavy (non-hydrogen) atoms. The third-order valence-corrected chi connectivity index (χ3v) is 6.70. The van der Waals surface area contributed by atoms with Crippen molar-refractivity contribution in [2.24, 2.45) is 0 Å². The van der Waals surface area contributed by atoms with E-state index < -0.39 is 0 Å².